The monoisotopic (exact) mass is 306 g/mol. The van der Waals surface area contributed by atoms with Gasteiger partial charge in [0.15, 0.2) is 0 Å². The predicted octanol–water partition coefficient (Wildman–Crippen LogP) is 2.83. The average molecular weight is 307 g/mol. The first-order valence-electron chi connectivity index (χ1n) is 6.18. The average Bonchev–Trinajstić information content (AvgIpc) is 2.36. The molecule has 7 heteroatoms. The Labute approximate surface area is 119 Å². The normalized spacial score (nSPS) is 23.8. The zero-order valence-corrected chi connectivity index (χ0v) is 11.3. The molecule has 1 aliphatic rings. The van der Waals surface area contributed by atoms with Crippen LogP contribution < -0.4 is 5.73 Å². The van der Waals surface area contributed by atoms with E-state index in [9.17, 15) is 18.0 Å². The highest BCUT2D eigenvalue weighted by molar-refractivity contribution is 6.30. The van der Waals surface area contributed by atoms with Crippen LogP contribution in [0.3, 0.4) is 0 Å². The number of benzene rings is 1. The summed E-state index contributed by atoms with van der Waals surface area (Å²) in [4.78, 5) is 13.1. The van der Waals surface area contributed by atoms with Crippen molar-refractivity contribution in [2.75, 3.05) is 6.54 Å². The minimum atomic E-state index is -4.45. The van der Waals surface area contributed by atoms with Crippen LogP contribution in [0.2, 0.25) is 5.02 Å². The van der Waals surface area contributed by atoms with Gasteiger partial charge < -0.3 is 10.6 Å². The Morgan fingerprint density at radius 3 is 2.65 bits per heavy atom. The molecule has 2 unspecified atom stereocenters. The van der Waals surface area contributed by atoms with Crippen LogP contribution in [0.25, 0.3) is 0 Å². The van der Waals surface area contributed by atoms with Crippen LogP contribution in [-0.4, -0.2) is 35.6 Å². The number of nitrogens with two attached hydrogens (primary N) is 1. The maximum absolute atomic E-state index is 13.0. The number of hydrogen-bond donors (Lipinski definition) is 1. The van der Waals surface area contributed by atoms with Gasteiger partial charge in [-0.15, -0.1) is 0 Å². The molecule has 0 saturated carbocycles. The van der Waals surface area contributed by atoms with Gasteiger partial charge >= 0.3 is 6.18 Å². The molecule has 1 saturated heterocycles. The molecule has 0 radical (unpaired) electrons. The molecule has 0 bridgehead atoms. The molecule has 110 valence electrons. The molecule has 1 aliphatic heterocycles. The summed E-state index contributed by atoms with van der Waals surface area (Å²) >= 11 is 5.77. The summed E-state index contributed by atoms with van der Waals surface area (Å²) < 4.78 is 39.0. The summed E-state index contributed by atoms with van der Waals surface area (Å²) in [6.45, 7) is -0.102. The lowest BCUT2D eigenvalue weighted by atomic mass is 9.97. The molecule has 1 heterocycles. The van der Waals surface area contributed by atoms with Crippen molar-refractivity contribution < 1.29 is 18.0 Å². The highest BCUT2D eigenvalue weighted by atomic mass is 35.5. The van der Waals surface area contributed by atoms with E-state index in [-0.39, 0.29) is 24.9 Å². The minimum absolute atomic E-state index is 0.102. The third-order valence-electron chi connectivity index (χ3n) is 3.33. The van der Waals surface area contributed by atoms with Crippen LogP contribution in [0.15, 0.2) is 24.3 Å². The lowest BCUT2D eigenvalue weighted by Crippen LogP contribution is -2.56. The van der Waals surface area contributed by atoms with Crippen LogP contribution in [0, 0.1) is 0 Å². The van der Waals surface area contributed by atoms with E-state index in [0.717, 1.165) is 4.90 Å². The fraction of sp³-hybridized carbons (Fsp3) is 0.462. The molecule has 1 amide bonds. The maximum atomic E-state index is 13.0. The molecular weight excluding hydrogens is 293 g/mol. The molecule has 2 rings (SSSR count). The van der Waals surface area contributed by atoms with Gasteiger partial charge in [-0.1, -0.05) is 17.7 Å². The third-order valence-corrected chi connectivity index (χ3v) is 3.56. The van der Waals surface area contributed by atoms with Gasteiger partial charge in [0.1, 0.15) is 6.04 Å². The topological polar surface area (TPSA) is 46.3 Å². The zero-order valence-electron chi connectivity index (χ0n) is 10.5. The Bertz CT molecular complexity index is 507. The smallest absolute Gasteiger partial charge is 0.326 e. The van der Waals surface area contributed by atoms with Crippen LogP contribution in [0.4, 0.5) is 13.2 Å². The Morgan fingerprint density at radius 1 is 1.35 bits per heavy atom. The van der Waals surface area contributed by atoms with Crippen molar-refractivity contribution in [1.82, 2.24) is 4.90 Å². The number of amides is 1. The second kappa shape index (κ2) is 5.61. The van der Waals surface area contributed by atoms with Gasteiger partial charge in [0.25, 0.3) is 5.91 Å². The van der Waals surface area contributed by atoms with Gasteiger partial charge in [0.2, 0.25) is 0 Å². The number of piperidine rings is 1. The van der Waals surface area contributed by atoms with E-state index in [2.05, 4.69) is 0 Å². The molecule has 20 heavy (non-hydrogen) atoms. The quantitative estimate of drug-likeness (QED) is 0.867. The van der Waals surface area contributed by atoms with E-state index < -0.39 is 24.2 Å². The van der Waals surface area contributed by atoms with E-state index in [1.54, 1.807) is 6.07 Å². The lowest BCUT2D eigenvalue weighted by Gasteiger charge is -2.39. The van der Waals surface area contributed by atoms with Crippen molar-refractivity contribution in [3.05, 3.63) is 34.9 Å². The van der Waals surface area contributed by atoms with Crippen LogP contribution in [-0.2, 0) is 0 Å². The fourth-order valence-corrected chi connectivity index (χ4v) is 2.54. The SMILES string of the molecule is NC1CCC(C(F)(F)F)N(C(=O)c2cccc(Cl)c2)C1. The number of halogens is 4. The van der Waals surface area contributed by atoms with Crippen LogP contribution >= 0.6 is 11.6 Å². The van der Waals surface area contributed by atoms with Crippen molar-refractivity contribution >= 4 is 17.5 Å². The molecule has 2 N–H and O–H groups in total. The van der Waals surface area contributed by atoms with Gasteiger partial charge in [0, 0.05) is 23.2 Å². The molecule has 1 fully saturated rings. The molecule has 0 spiro atoms. The number of rotatable bonds is 1. The molecule has 0 aliphatic carbocycles. The summed E-state index contributed by atoms with van der Waals surface area (Å²) in [6, 6.07) is 3.67. The van der Waals surface area contributed by atoms with Crippen molar-refractivity contribution in [3.63, 3.8) is 0 Å². The first-order valence-corrected chi connectivity index (χ1v) is 6.55. The Kier molecular flexibility index (Phi) is 4.25. The number of nitrogens with zero attached hydrogens (tertiary/aromatic N) is 1. The van der Waals surface area contributed by atoms with Gasteiger partial charge in [-0.05, 0) is 31.0 Å². The molecular formula is C13H14ClF3N2O. The highest BCUT2D eigenvalue weighted by Gasteiger charge is 2.47. The van der Waals surface area contributed by atoms with Gasteiger partial charge in [-0.25, -0.2) is 0 Å². The third kappa shape index (κ3) is 3.24. The number of hydrogen-bond acceptors (Lipinski definition) is 2. The van der Waals surface area contributed by atoms with E-state index in [4.69, 9.17) is 17.3 Å². The van der Waals surface area contributed by atoms with Crippen molar-refractivity contribution in [3.8, 4) is 0 Å². The second-order valence-corrected chi connectivity index (χ2v) is 5.30. The largest absolute Gasteiger partial charge is 0.408 e. The summed E-state index contributed by atoms with van der Waals surface area (Å²) in [6.07, 6.45) is -4.37. The Hall–Kier alpha value is -1.27. The van der Waals surface area contributed by atoms with E-state index in [0.29, 0.717) is 5.02 Å². The van der Waals surface area contributed by atoms with Crippen molar-refractivity contribution in [2.24, 2.45) is 5.73 Å². The van der Waals surface area contributed by atoms with Crippen LogP contribution in [0.5, 0.6) is 0 Å². The standard InChI is InChI=1S/C13H14ClF3N2O/c14-9-3-1-2-8(6-9)12(20)19-7-10(18)4-5-11(19)13(15,16)17/h1-3,6,10-11H,4-5,7,18H2. The summed E-state index contributed by atoms with van der Waals surface area (Å²) in [5, 5.41) is 0.306. The van der Waals surface area contributed by atoms with E-state index in [1.165, 1.54) is 18.2 Å². The predicted molar refractivity (Wildman–Crippen MR) is 69.5 cm³/mol. The molecule has 1 aromatic rings. The van der Waals surface area contributed by atoms with Crippen molar-refractivity contribution in [1.29, 1.82) is 0 Å². The Balaban J connectivity index is 2.29. The fourth-order valence-electron chi connectivity index (χ4n) is 2.35. The van der Waals surface area contributed by atoms with E-state index in [1.807, 2.05) is 0 Å². The van der Waals surface area contributed by atoms with E-state index >= 15 is 0 Å². The number of carbonyl (C=O) groups excluding carboxylic acids is 1. The number of alkyl halides is 3. The molecule has 1 aromatic carbocycles. The van der Waals surface area contributed by atoms with Gasteiger partial charge in [0.05, 0.1) is 0 Å². The highest BCUT2D eigenvalue weighted by Crippen LogP contribution is 2.32. The van der Waals surface area contributed by atoms with Gasteiger partial charge in [-0.2, -0.15) is 13.2 Å². The summed E-state index contributed by atoms with van der Waals surface area (Å²) in [5.41, 5.74) is 5.83. The minimum Gasteiger partial charge on any atom is -0.326 e. The summed E-state index contributed by atoms with van der Waals surface area (Å²) in [7, 11) is 0. The number of carbonyl (C=O) groups is 1. The van der Waals surface area contributed by atoms with Crippen molar-refractivity contribution in [2.45, 2.75) is 31.1 Å². The summed E-state index contributed by atoms with van der Waals surface area (Å²) in [5.74, 6) is -0.690. The first-order chi connectivity index (χ1) is 9.29. The maximum Gasteiger partial charge on any atom is 0.408 e. The lowest BCUT2D eigenvalue weighted by molar-refractivity contribution is -0.184. The molecule has 2 atom stereocenters. The first kappa shape index (κ1) is 15.1. The van der Waals surface area contributed by atoms with Gasteiger partial charge in [-0.3, -0.25) is 4.79 Å². The Morgan fingerprint density at radius 2 is 2.05 bits per heavy atom. The molecule has 0 aromatic heterocycles. The second-order valence-electron chi connectivity index (χ2n) is 4.86. The van der Waals surface area contributed by atoms with Crippen LogP contribution in [0.1, 0.15) is 23.2 Å². The zero-order chi connectivity index (χ0) is 14.9. The molecule has 3 nitrogen and oxygen atoms in total. The number of likely N-dealkylation sites (tertiary alicyclic amines) is 1.